The first-order valence-corrected chi connectivity index (χ1v) is 7.73. The van der Waals surface area contributed by atoms with E-state index < -0.39 is 17.0 Å². The second-order valence-electron chi connectivity index (χ2n) is 7.19. The predicted molar refractivity (Wildman–Crippen MR) is 87.7 cm³/mol. The van der Waals surface area contributed by atoms with Crippen LogP contribution in [-0.4, -0.2) is 33.1 Å². The van der Waals surface area contributed by atoms with Gasteiger partial charge in [0.05, 0.1) is 6.04 Å². The summed E-state index contributed by atoms with van der Waals surface area (Å²) in [6.07, 6.45) is 4.26. The number of nitriles is 1. The fourth-order valence-corrected chi connectivity index (χ4v) is 3.25. The van der Waals surface area contributed by atoms with Gasteiger partial charge in [-0.15, -0.1) is 10.3 Å². The minimum absolute atomic E-state index is 0.143. The molecular formula is C16H22FN6O. The molecule has 1 aliphatic heterocycles. The second-order valence-corrected chi connectivity index (χ2v) is 7.19. The molecule has 0 saturated carbocycles. The van der Waals surface area contributed by atoms with Crippen molar-refractivity contribution in [3.63, 3.8) is 0 Å². The van der Waals surface area contributed by atoms with E-state index in [2.05, 4.69) is 20.6 Å². The topological polar surface area (TPSA) is 96.2 Å². The van der Waals surface area contributed by atoms with Crippen LogP contribution in [0.15, 0.2) is 23.3 Å². The van der Waals surface area contributed by atoms with E-state index in [-0.39, 0.29) is 12.0 Å². The summed E-state index contributed by atoms with van der Waals surface area (Å²) in [5.74, 6) is -0.405. The highest BCUT2D eigenvalue weighted by Crippen LogP contribution is 2.38. The molecule has 1 aromatic heterocycles. The second kappa shape index (κ2) is 6.71. The summed E-state index contributed by atoms with van der Waals surface area (Å²) in [4.78, 5) is 8.02. The number of guanidine groups is 1. The summed E-state index contributed by atoms with van der Waals surface area (Å²) in [7, 11) is 0. The largest absolute Gasteiger partial charge is 0.325 e. The Morgan fingerprint density at radius 1 is 1.42 bits per heavy atom. The molecule has 2 N–H and O–H groups in total. The highest BCUT2D eigenvalue weighted by Gasteiger charge is 2.46. The number of halogens is 1. The van der Waals surface area contributed by atoms with Gasteiger partial charge in [-0.2, -0.15) is 9.65 Å². The van der Waals surface area contributed by atoms with Crippen LogP contribution >= 0.6 is 0 Å². The van der Waals surface area contributed by atoms with Crippen molar-refractivity contribution in [3.8, 4) is 6.19 Å². The van der Waals surface area contributed by atoms with Crippen molar-refractivity contribution in [2.45, 2.75) is 57.7 Å². The first-order chi connectivity index (χ1) is 11.1. The van der Waals surface area contributed by atoms with E-state index in [0.29, 0.717) is 18.5 Å². The number of piperidine rings is 1. The van der Waals surface area contributed by atoms with E-state index in [1.165, 1.54) is 12.3 Å². The highest BCUT2D eigenvalue weighted by molar-refractivity contribution is 5.94. The van der Waals surface area contributed by atoms with Gasteiger partial charge < -0.3 is 5.32 Å². The molecule has 7 nitrogen and oxygen atoms in total. The molecule has 1 radical (unpaired) electrons. The molecule has 24 heavy (non-hydrogen) atoms. The van der Waals surface area contributed by atoms with E-state index in [4.69, 9.17) is 5.26 Å². The number of aliphatic imine (C=N–C) groups is 1. The van der Waals surface area contributed by atoms with Gasteiger partial charge in [-0.05, 0) is 46.6 Å². The first-order valence-electron chi connectivity index (χ1n) is 7.73. The van der Waals surface area contributed by atoms with Crippen molar-refractivity contribution < 1.29 is 9.60 Å². The number of pyridine rings is 1. The smallest absolute Gasteiger partial charge is 0.214 e. The van der Waals surface area contributed by atoms with Crippen molar-refractivity contribution in [1.82, 2.24) is 15.4 Å². The Bertz CT molecular complexity index is 649. The van der Waals surface area contributed by atoms with Crippen LogP contribution in [0.4, 0.5) is 10.1 Å². The predicted octanol–water partition coefficient (Wildman–Crippen LogP) is 2.43. The molecule has 2 heterocycles. The summed E-state index contributed by atoms with van der Waals surface area (Å²) < 4.78 is 13.2. The van der Waals surface area contributed by atoms with Crippen molar-refractivity contribution in [3.05, 3.63) is 24.3 Å². The standard InChI is InChI=1S/C16H22FN6O/c1-15(2)8-12(9-16(3,4)23(15)24)22-14(20-10-18)21-11-5-6-19-13(17)7-11/h5-7,12H,8-9H2,1-4H3,(H2,19,20,21,22). The molecule has 1 fully saturated rings. The van der Waals surface area contributed by atoms with Crippen LogP contribution in [0, 0.1) is 17.4 Å². The lowest BCUT2D eigenvalue weighted by atomic mass is 9.79. The highest BCUT2D eigenvalue weighted by atomic mass is 19.1. The molecule has 0 unspecified atom stereocenters. The van der Waals surface area contributed by atoms with Gasteiger partial charge in [0.2, 0.25) is 11.9 Å². The van der Waals surface area contributed by atoms with Crippen molar-refractivity contribution in [2.75, 3.05) is 5.32 Å². The number of aromatic nitrogens is 1. The fourth-order valence-electron chi connectivity index (χ4n) is 3.25. The summed E-state index contributed by atoms with van der Waals surface area (Å²) in [5, 5.41) is 27.8. The first kappa shape index (κ1) is 18.1. The Labute approximate surface area is 141 Å². The molecular weight excluding hydrogens is 311 g/mol. The fraction of sp³-hybridized carbons (Fsp3) is 0.562. The van der Waals surface area contributed by atoms with E-state index >= 15 is 0 Å². The molecule has 0 amide bonds. The zero-order chi connectivity index (χ0) is 18.0. The van der Waals surface area contributed by atoms with Gasteiger partial charge in [0.15, 0.2) is 6.19 Å². The monoisotopic (exact) mass is 333 g/mol. The maximum atomic E-state index is 13.2. The van der Waals surface area contributed by atoms with E-state index in [1.54, 1.807) is 6.07 Å². The molecule has 2 rings (SSSR count). The van der Waals surface area contributed by atoms with Gasteiger partial charge in [-0.3, -0.25) is 5.32 Å². The minimum atomic E-state index is -0.627. The lowest BCUT2D eigenvalue weighted by Crippen LogP contribution is -2.59. The number of nitrogens with zero attached hydrogens (tertiary/aromatic N) is 4. The summed E-state index contributed by atoms with van der Waals surface area (Å²) in [6, 6.07) is 2.64. The number of rotatable bonds is 2. The third-order valence-electron chi connectivity index (χ3n) is 4.05. The van der Waals surface area contributed by atoms with Crippen LogP contribution < -0.4 is 10.6 Å². The number of hydrogen-bond acceptors (Lipinski definition) is 4. The van der Waals surface area contributed by atoms with Crippen LogP contribution in [0.1, 0.15) is 40.5 Å². The van der Waals surface area contributed by atoms with Gasteiger partial charge in [0.25, 0.3) is 0 Å². The Morgan fingerprint density at radius 2 is 2.04 bits per heavy atom. The number of anilines is 1. The van der Waals surface area contributed by atoms with Crippen LogP contribution in [-0.2, 0) is 5.21 Å². The van der Waals surface area contributed by atoms with Crippen molar-refractivity contribution in [1.29, 1.82) is 5.26 Å². The summed E-state index contributed by atoms with van der Waals surface area (Å²) in [5.41, 5.74) is -0.684. The summed E-state index contributed by atoms with van der Waals surface area (Å²) in [6.45, 7) is 7.53. The maximum Gasteiger partial charge on any atom is 0.214 e. The van der Waals surface area contributed by atoms with E-state index in [9.17, 15) is 9.60 Å². The Morgan fingerprint density at radius 3 is 2.58 bits per heavy atom. The lowest BCUT2D eigenvalue weighted by Gasteiger charge is -2.48. The lowest BCUT2D eigenvalue weighted by molar-refractivity contribution is -0.288. The Hall–Kier alpha value is -2.24. The molecule has 0 bridgehead atoms. The zero-order valence-electron chi connectivity index (χ0n) is 14.3. The van der Waals surface area contributed by atoms with Gasteiger partial charge >= 0.3 is 0 Å². The molecule has 8 heteroatoms. The Kier molecular flexibility index (Phi) is 5.06. The number of nitrogens with one attached hydrogen (secondary N) is 2. The average Bonchev–Trinajstić information content (AvgIpc) is 2.44. The van der Waals surface area contributed by atoms with Crippen LogP contribution in [0.3, 0.4) is 0 Å². The summed E-state index contributed by atoms with van der Waals surface area (Å²) >= 11 is 0. The van der Waals surface area contributed by atoms with Crippen molar-refractivity contribution in [2.24, 2.45) is 4.99 Å². The minimum Gasteiger partial charge on any atom is -0.325 e. The number of hydroxylamine groups is 2. The Balaban J connectivity index is 2.22. The zero-order valence-corrected chi connectivity index (χ0v) is 14.3. The average molecular weight is 333 g/mol. The van der Waals surface area contributed by atoms with Crippen LogP contribution in [0.25, 0.3) is 0 Å². The third-order valence-corrected chi connectivity index (χ3v) is 4.05. The van der Waals surface area contributed by atoms with E-state index in [1.807, 2.05) is 33.9 Å². The van der Waals surface area contributed by atoms with Gasteiger partial charge in [0, 0.05) is 29.0 Å². The molecule has 1 aliphatic rings. The van der Waals surface area contributed by atoms with Gasteiger partial charge in [0.1, 0.15) is 0 Å². The van der Waals surface area contributed by atoms with Gasteiger partial charge in [-0.25, -0.2) is 9.98 Å². The van der Waals surface area contributed by atoms with Gasteiger partial charge in [-0.1, -0.05) is 0 Å². The third kappa shape index (κ3) is 4.19. The van der Waals surface area contributed by atoms with Crippen LogP contribution in [0.5, 0.6) is 0 Å². The molecule has 0 aliphatic carbocycles. The molecule has 1 saturated heterocycles. The maximum absolute atomic E-state index is 13.2. The quantitative estimate of drug-likeness (QED) is 0.285. The van der Waals surface area contributed by atoms with Crippen molar-refractivity contribution >= 4 is 11.6 Å². The molecule has 0 aromatic carbocycles. The van der Waals surface area contributed by atoms with E-state index in [0.717, 1.165) is 5.06 Å². The molecule has 1 aromatic rings. The molecule has 0 spiro atoms. The molecule has 129 valence electrons. The molecule has 0 atom stereocenters. The van der Waals surface area contributed by atoms with Crippen LogP contribution in [0.2, 0.25) is 0 Å². The number of hydrogen-bond donors (Lipinski definition) is 2. The normalized spacial score (nSPS) is 21.1. The SMILES string of the molecule is CC1(C)CC(N=C(NC#N)Nc2ccnc(F)c2)CC(C)(C)N1[O].